The van der Waals surface area contributed by atoms with Crippen molar-refractivity contribution in [3.05, 3.63) is 52.8 Å². The van der Waals surface area contributed by atoms with Gasteiger partial charge in [-0.05, 0) is 35.6 Å². The normalized spacial score (nSPS) is 12.2. The van der Waals surface area contributed by atoms with Crippen LogP contribution in [0.2, 0.25) is 0 Å². The Morgan fingerprint density at radius 2 is 1.83 bits per heavy atom. The predicted molar refractivity (Wildman–Crippen MR) is 90.4 cm³/mol. The van der Waals surface area contributed by atoms with Crippen LogP contribution in [0.25, 0.3) is 0 Å². The number of carbonyl (C=O) groups excluding carboxylic acids is 2. The number of carbonyl (C=O) groups is 2. The van der Waals surface area contributed by atoms with Gasteiger partial charge in [0.2, 0.25) is 0 Å². The van der Waals surface area contributed by atoms with Crippen LogP contribution in [0, 0.1) is 0 Å². The lowest BCUT2D eigenvalue weighted by Crippen LogP contribution is -2.18. The molecule has 24 heavy (non-hydrogen) atoms. The molecule has 6 nitrogen and oxygen atoms in total. The summed E-state index contributed by atoms with van der Waals surface area (Å²) in [5.41, 5.74) is 4.45. The van der Waals surface area contributed by atoms with Crippen molar-refractivity contribution in [1.82, 2.24) is 15.3 Å². The van der Waals surface area contributed by atoms with E-state index in [4.69, 9.17) is 5.21 Å². The molecule has 1 atom stereocenters. The first-order valence-electron chi connectivity index (χ1n) is 7.95. The molecule has 0 saturated carbocycles. The number of hydroxylamine groups is 1. The van der Waals surface area contributed by atoms with Gasteiger partial charge >= 0.3 is 0 Å². The van der Waals surface area contributed by atoms with Gasteiger partial charge in [-0.15, -0.1) is 0 Å². The number of aryl methyl sites for hydroxylation is 1. The third kappa shape index (κ3) is 3.89. The number of amides is 1. The van der Waals surface area contributed by atoms with Gasteiger partial charge in [0.05, 0.1) is 5.69 Å². The Labute approximate surface area is 141 Å². The van der Waals surface area contributed by atoms with Crippen LogP contribution in [0.15, 0.2) is 30.3 Å². The first-order valence-corrected chi connectivity index (χ1v) is 7.95. The topological polar surface area (TPSA) is 84.2 Å². The summed E-state index contributed by atoms with van der Waals surface area (Å²) < 4.78 is 1.64. The average molecular weight is 329 g/mol. The van der Waals surface area contributed by atoms with Gasteiger partial charge in [0.25, 0.3) is 5.91 Å². The maximum Gasteiger partial charge on any atom is 0.274 e. The van der Waals surface area contributed by atoms with E-state index in [0.29, 0.717) is 17.7 Å². The van der Waals surface area contributed by atoms with Crippen LogP contribution in [-0.4, -0.2) is 26.7 Å². The summed E-state index contributed by atoms with van der Waals surface area (Å²) in [7, 11) is 1.78. The van der Waals surface area contributed by atoms with Crippen LogP contribution < -0.4 is 5.48 Å². The highest BCUT2D eigenvalue weighted by Crippen LogP contribution is 2.23. The van der Waals surface area contributed by atoms with E-state index < -0.39 is 5.91 Å². The van der Waals surface area contributed by atoms with Crippen LogP contribution in [0.1, 0.15) is 71.1 Å². The van der Waals surface area contributed by atoms with E-state index in [2.05, 4.69) is 5.10 Å². The van der Waals surface area contributed by atoms with Crippen LogP contribution in [0.3, 0.4) is 0 Å². The fourth-order valence-corrected chi connectivity index (χ4v) is 2.56. The van der Waals surface area contributed by atoms with E-state index in [0.717, 1.165) is 11.3 Å². The van der Waals surface area contributed by atoms with Crippen LogP contribution in [-0.2, 0) is 7.05 Å². The largest absolute Gasteiger partial charge is 0.292 e. The van der Waals surface area contributed by atoms with Crippen molar-refractivity contribution in [2.24, 2.45) is 7.05 Å². The molecule has 0 aliphatic heterocycles. The Morgan fingerprint density at radius 3 is 2.33 bits per heavy atom. The van der Waals surface area contributed by atoms with E-state index in [1.807, 2.05) is 26.8 Å². The molecular weight excluding hydrogens is 306 g/mol. The number of rotatable bonds is 6. The van der Waals surface area contributed by atoms with Gasteiger partial charge in [0, 0.05) is 19.0 Å². The highest BCUT2D eigenvalue weighted by atomic mass is 16.5. The van der Waals surface area contributed by atoms with Crippen molar-refractivity contribution in [2.45, 2.75) is 39.0 Å². The second-order valence-electron chi connectivity index (χ2n) is 6.32. The quantitative estimate of drug-likeness (QED) is 0.485. The Morgan fingerprint density at radius 1 is 1.21 bits per heavy atom. The molecule has 2 N–H and O–H groups in total. The van der Waals surface area contributed by atoms with Crippen LogP contribution >= 0.6 is 0 Å². The van der Waals surface area contributed by atoms with Crippen molar-refractivity contribution >= 4 is 11.7 Å². The molecular formula is C18H23N3O3. The summed E-state index contributed by atoms with van der Waals surface area (Å²) in [5, 5.41) is 13.0. The van der Waals surface area contributed by atoms with Crippen molar-refractivity contribution in [2.75, 3.05) is 0 Å². The zero-order chi connectivity index (χ0) is 17.9. The summed E-state index contributed by atoms with van der Waals surface area (Å²) in [4.78, 5) is 23.9. The summed E-state index contributed by atoms with van der Waals surface area (Å²) in [6.45, 7) is 6.06. The van der Waals surface area contributed by atoms with E-state index in [1.165, 1.54) is 0 Å². The molecule has 0 spiro atoms. The molecule has 2 rings (SSSR count). The Balaban J connectivity index is 2.10. The lowest BCUT2D eigenvalue weighted by molar-refractivity contribution is 0.0706. The molecule has 1 aromatic carbocycles. The minimum Gasteiger partial charge on any atom is -0.292 e. The van der Waals surface area contributed by atoms with Gasteiger partial charge in [-0.3, -0.25) is 19.5 Å². The number of Topliss-reactive ketones (excluding diaryl/α,β-unsaturated/α-hetero) is 1. The average Bonchev–Trinajstić information content (AvgIpc) is 2.96. The molecule has 2 aromatic rings. The molecule has 0 aliphatic rings. The zero-order valence-corrected chi connectivity index (χ0v) is 14.4. The molecule has 6 heteroatoms. The third-order valence-electron chi connectivity index (χ3n) is 4.11. The molecule has 128 valence electrons. The van der Waals surface area contributed by atoms with Crippen LogP contribution in [0.4, 0.5) is 0 Å². The number of ketones is 1. The maximum absolute atomic E-state index is 12.5. The summed E-state index contributed by atoms with van der Waals surface area (Å²) >= 11 is 0. The number of hydrogen-bond donors (Lipinski definition) is 2. The lowest BCUT2D eigenvalue weighted by atomic mass is 9.93. The van der Waals surface area contributed by atoms with E-state index >= 15 is 0 Å². The fourth-order valence-electron chi connectivity index (χ4n) is 2.56. The van der Waals surface area contributed by atoms with Gasteiger partial charge < -0.3 is 0 Å². The molecule has 1 heterocycles. The van der Waals surface area contributed by atoms with Crippen LogP contribution in [0.5, 0.6) is 0 Å². The highest BCUT2D eigenvalue weighted by Gasteiger charge is 2.18. The molecule has 1 amide bonds. The third-order valence-corrected chi connectivity index (χ3v) is 4.11. The Hall–Kier alpha value is -2.47. The molecule has 0 aliphatic carbocycles. The standard InChI is InChI=1S/C18H23N3O3/c1-11(2)15-10-16(21(4)19-15)17(22)9-12(3)13-5-7-14(8-6-13)18(23)20-24/h5-8,10-12,24H,9H2,1-4H3,(H,20,23). The van der Waals surface area contributed by atoms with Gasteiger partial charge in [-0.2, -0.15) is 5.10 Å². The Bertz CT molecular complexity index is 732. The van der Waals surface area contributed by atoms with Crippen molar-refractivity contribution in [3.63, 3.8) is 0 Å². The van der Waals surface area contributed by atoms with Crippen molar-refractivity contribution in [3.8, 4) is 0 Å². The molecule has 0 radical (unpaired) electrons. The van der Waals surface area contributed by atoms with Gasteiger partial charge in [0.1, 0.15) is 5.69 Å². The van der Waals surface area contributed by atoms with Crippen molar-refractivity contribution in [1.29, 1.82) is 0 Å². The smallest absolute Gasteiger partial charge is 0.274 e. The first kappa shape index (κ1) is 17.9. The number of aromatic nitrogens is 2. The number of nitrogens with zero attached hydrogens (tertiary/aromatic N) is 2. The minimum absolute atomic E-state index is 0.0149. The van der Waals surface area contributed by atoms with Gasteiger partial charge in [-0.25, -0.2) is 5.48 Å². The molecule has 1 aromatic heterocycles. The molecule has 1 unspecified atom stereocenters. The summed E-state index contributed by atoms with van der Waals surface area (Å²) in [6, 6.07) is 8.70. The van der Waals surface area contributed by atoms with Gasteiger partial charge in [0.15, 0.2) is 5.78 Å². The van der Waals surface area contributed by atoms with E-state index in [-0.39, 0.29) is 17.6 Å². The zero-order valence-electron chi connectivity index (χ0n) is 14.4. The van der Waals surface area contributed by atoms with E-state index in [1.54, 1.807) is 41.5 Å². The van der Waals surface area contributed by atoms with E-state index in [9.17, 15) is 9.59 Å². The number of benzene rings is 1. The second kappa shape index (κ2) is 7.40. The monoisotopic (exact) mass is 329 g/mol. The van der Waals surface area contributed by atoms with Crippen molar-refractivity contribution < 1.29 is 14.8 Å². The fraction of sp³-hybridized carbons (Fsp3) is 0.389. The highest BCUT2D eigenvalue weighted by molar-refractivity contribution is 5.95. The Kier molecular flexibility index (Phi) is 5.51. The predicted octanol–water partition coefficient (Wildman–Crippen LogP) is 3.04. The first-order chi connectivity index (χ1) is 11.3. The summed E-state index contributed by atoms with van der Waals surface area (Å²) in [5.74, 6) is -0.218. The second-order valence-corrected chi connectivity index (χ2v) is 6.32. The van der Waals surface area contributed by atoms with Gasteiger partial charge in [-0.1, -0.05) is 32.9 Å². The summed E-state index contributed by atoms with van der Waals surface area (Å²) in [6.07, 6.45) is 0.364. The number of hydrogen-bond acceptors (Lipinski definition) is 4. The number of nitrogens with one attached hydrogen (secondary N) is 1. The maximum atomic E-state index is 12.5. The molecule has 0 fully saturated rings. The molecule has 0 saturated heterocycles. The minimum atomic E-state index is -0.554. The lowest BCUT2D eigenvalue weighted by Gasteiger charge is -2.11. The molecule has 0 bridgehead atoms. The SMILES string of the molecule is CC(C)c1cc(C(=O)CC(C)c2ccc(C(=O)NO)cc2)n(C)n1.